The summed E-state index contributed by atoms with van der Waals surface area (Å²) >= 11 is 0. The molecule has 0 saturated carbocycles. The molecule has 0 amide bonds. The lowest BCUT2D eigenvalue weighted by atomic mass is 10.2. The minimum Gasteiger partial charge on any atom is -0.462 e. The highest BCUT2D eigenvalue weighted by atomic mass is 16.5. The number of ether oxygens (including phenoxy) is 1. The monoisotopic (exact) mass is 266 g/mol. The van der Waals surface area contributed by atoms with E-state index in [0.29, 0.717) is 25.8 Å². The number of esters is 1. The summed E-state index contributed by atoms with van der Waals surface area (Å²) in [6.07, 6.45) is 7.49. The molecule has 0 fully saturated rings. The number of carbonyl (C=O) groups is 2. The number of aromatic nitrogens is 2. The van der Waals surface area contributed by atoms with Crippen molar-refractivity contribution in [1.82, 2.24) is 9.55 Å². The van der Waals surface area contributed by atoms with Gasteiger partial charge in [-0.1, -0.05) is 13.8 Å². The molecule has 0 saturated heterocycles. The lowest BCUT2D eigenvalue weighted by Gasteiger charge is -2.14. The zero-order chi connectivity index (χ0) is 14.1. The summed E-state index contributed by atoms with van der Waals surface area (Å²) in [6, 6.07) is 0. The maximum absolute atomic E-state index is 11.7. The highest BCUT2D eigenvalue weighted by molar-refractivity contribution is 5.69. The molecular weight excluding hydrogens is 244 g/mol. The van der Waals surface area contributed by atoms with Crippen LogP contribution in [0.2, 0.25) is 0 Å². The van der Waals surface area contributed by atoms with Gasteiger partial charge < -0.3 is 14.1 Å². The Balaban J connectivity index is 2.41. The standard InChI is InChI=1S/C14H22N2O3/c1-3-12(4-2)19-14(18)7-9-16-10-8-15-13(16)6-5-11-17/h8,10-12H,3-7,9H2,1-2H3. The normalized spacial score (nSPS) is 10.7. The predicted octanol–water partition coefficient (Wildman–Crippen LogP) is 2.14. The second kappa shape index (κ2) is 8.45. The topological polar surface area (TPSA) is 61.2 Å². The summed E-state index contributed by atoms with van der Waals surface area (Å²) in [5.74, 6) is 0.658. The fourth-order valence-corrected chi connectivity index (χ4v) is 1.87. The van der Waals surface area contributed by atoms with Gasteiger partial charge in [0.25, 0.3) is 0 Å². The second-order valence-electron chi connectivity index (χ2n) is 4.42. The highest BCUT2D eigenvalue weighted by Gasteiger charge is 2.11. The van der Waals surface area contributed by atoms with Crippen molar-refractivity contribution < 1.29 is 14.3 Å². The van der Waals surface area contributed by atoms with Gasteiger partial charge in [-0.25, -0.2) is 4.98 Å². The number of rotatable bonds is 9. The maximum Gasteiger partial charge on any atom is 0.307 e. The number of aldehydes is 1. The molecule has 0 aliphatic carbocycles. The molecule has 5 heteroatoms. The van der Waals surface area contributed by atoms with Crippen LogP contribution in [0.25, 0.3) is 0 Å². The molecule has 0 atom stereocenters. The number of hydrogen-bond donors (Lipinski definition) is 0. The summed E-state index contributed by atoms with van der Waals surface area (Å²) in [6.45, 7) is 4.57. The number of hydrogen-bond acceptors (Lipinski definition) is 4. The van der Waals surface area contributed by atoms with Crippen molar-refractivity contribution in [3.05, 3.63) is 18.2 Å². The Hall–Kier alpha value is -1.65. The molecule has 0 spiro atoms. The molecule has 0 unspecified atom stereocenters. The van der Waals surface area contributed by atoms with Gasteiger partial charge in [-0.05, 0) is 12.8 Å². The van der Waals surface area contributed by atoms with E-state index in [4.69, 9.17) is 4.74 Å². The van der Waals surface area contributed by atoms with Gasteiger partial charge in [0.1, 0.15) is 18.2 Å². The van der Waals surface area contributed by atoms with Crippen LogP contribution in [0.3, 0.4) is 0 Å². The molecule has 5 nitrogen and oxygen atoms in total. The molecule has 1 heterocycles. The summed E-state index contributed by atoms with van der Waals surface area (Å²) in [7, 11) is 0. The van der Waals surface area contributed by atoms with Crippen molar-refractivity contribution in [3.63, 3.8) is 0 Å². The van der Waals surface area contributed by atoms with Crippen LogP contribution >= 0.6 is 0 Å². The Kier molecular flexibility index (Phi) is 6.85. The summed E-state index contributed by atoms with van der Waals surface area (Å²) in [4.78, 5) is 26.2. The lowest BCUT2D eigenvalue weighted by Crippen LogP contribution is -2.18. The summed E-state index contributed by atoms with van der Waals surface area (Å²) in [5.41, 5.74) is 0. The van der Waals surface area contributed by atoms with Crippen molar-refractivity contribution in [1.29, 1.82) is 0 Å². The van der Waals surface area contributed by atoms with Crippen LogP contribution in [0.1, 0.15) is 45.4 Å². The summed E-state index contributed by atoms with van der Waals surface area (Å²) < 4.78 is 7.24. The first-order chi connectivity index (χ1) is 9.21. The third kappa shape index (κ3) is 5.24. The third-order valence-corrected chi connectivity index (χ3v) is 3.05. The Bertz CT molecular complexity index is 397. The van der Waals surface area contributed by atoms with E-state index >= 15 is 0 Å². The van der Waals surface area contributed by atoms with E-state index in [0.717, 1.165) is 25.0 Å². The fraction of sp³-hybridized carbons (Fsp3) is 0.643. The minimum atomic E-state index is -0.177. The molecule has 0 aliphatic heterocycles. The molecule has 0 bridgehead atoms. The number of nitrogens with zero attached hydrogens (tertiary/aromatic N) is 2. The van der Waals surface area contributed by atoms with Crippen molar-refractivity contribution in [3.8, 4) is 0 Å². The first kappa shape index (κ1) is 15.4. The molecule has 0 radical (unpaired) electrons. The lowest BCUT2D eigenvalue weighted by molar-refractivity contribution is -0.149. The van der Waals surface area contributed by atoms with E-state index in [1.54, 1.807) is 6.20 Å². The van der Waals surface area contributed by atoms with E-state index < -0.39 is 0 Å². The zero-order valence-corrected chi connectivity index (χ0v) is 11.7. The molecule has 106 valence electrons. The molecular formula is C14H22N2O3. The van der Waals surface area contributed by atoms with Gasteiger partial charge in [0.15, 0.2) is 0 Å². The van der Waals surface area contributed by atoms with E-state index in [-0.39, 0.29) is 12.1 Å². The second-order valence-corrected chi connectivity index (χ2v) is 4.42. The Labute approximate surface area is 114 Å². The van der Waals surface area contributed by atoms with Gasteiger partial charge in [0.05, 0.1) is 6.42 Å². The molecule has 0 N–H and O–H groups in total. The van der Waals surface area contributed by atoms with Gasteiger partial charge in [0.2, 0.25) is 0 Å². The molecule has 1 aromatic rings. The Morgan fingerprint density at radius 3 is 2.84 bits per heavy atom. The highest BCUT2D eigenvalue weighted by Crippen LogP contribution is 2.07. The van der Waals surface area contributed by atoms with E-state index in [9.17, 15) is 9.59 Å². The summed E-state index contributed by atoms with van der Waals surface area (Å²) in [5, 5.41) is 0. The molecule has 19 heavy (non-hydrogen) atoms. The smallest absolute Gasteiger partial charge is 0.307 e. The molecule has 1 rings (SSSR count). The van der Waals surface area contributed by atoms with Gasteiger partial charge in [-0.15, -0.1) is 0 Å². The van der Waals surface area contributed by atoms with Crippen molar-refractivity contribution >= 4 is 12.3 Å². The molecule has 0 aromatic carbocycles. The average molecular weight is 266 g/mol. The van der Waals surface area contributed by atoms with Crippen LogP contribution in [0.15, 0.2) is 12.4 Å². The minimum absolute atomic E-state index is 0.0184. The number of aryl methyl sites for hydroxylation is 2. The molecule has 0 aliphatic rings. The van der Waals surface area contributed by atoms with E-state index in [2.05, 4.69) is 4.98 Å². The van der Waals surface area contributed by atoms with Crippen LogP contribution in [-0.4, -0.2) is 27.9 Å². The van der Waals surface area contributed by atoms with Crippen molar-refractivity contribution in [2.45, 2.75) is 58.6 Å². The van der Waals surface area contributed by atoms with Crippen LogP contribution in [0, 0.1) is 0 Å². The Morgan fingerprint density at radius 2 is 2.21 bits per heavy atom. The van der Waals surface area contributed by atoms with Crippen LogP contribution < -0.4 is 0 Å². The number of imidazole rings is 1. The maximum atomic E-state index is 11.7. The first-order valence-corrected chi connectivity index (χ1v) is 6.84. The Morgan fingerprint density at radius 1 is 1.47 bits per heavy atom. The van der Waals surface area contributed by atoms with Crippen LogP contribution in [0.4, 0.5) is 0 Å². The van der Waals surface area contributed by atoms with Crippen molar-refractivity contribution in [2.75, 3.05) is 0 Å². The first-order valence-electron chi connectivity index (χ1n) is 6.84. The quantitative estimate of drug-likeness (QED) is 0.507. The number of carbonyl (C=O) groups excluding carboxylic acids is 2. The van der Waals surface area contributed by atoms with Gasteiger partial charge >= 0.3 is 5.97 Å². The van der Waals surface area contributed by atoms with Crippen molar-refractivity contribution in [2.24, 2.45) is 0 Å². The van der Waals surface area contributed by atoms with Gasteiger partial charge in [-0.3, -0.25) is 4.79 Å². The average Bonchev–Trinajstić information content (AvgIpc) is 2.87. The molecule has 1 aromatic heterocycles. The van der Waals surface area contributed by atoms with Gasteiger partial charge in [0, 0.05) is 31.8 Å². The van der Waals surface area contributed by atoms with Gasteiger partial charge in [-0.2, -0.15) is 0 Å². The van der Waals surface area contributed by atoms with Crippen LogP contribution in [-0.2, 0) is 27.3 Å². The SMILES string of the molecule is CCC(CC)OC(=O)CCn1ccnc1CCC=O. The fourth-order valence-electron chi connectivity index (χ4n) is 1.87. The van der Waals surface area contributed by atoms with E-state index in [1.807, 2.05) is 24.6 Å². The third-order valence-electron chi connectivity index (χ3n) is 3.05. The predicted molar refractivity (Wildman–Crippen MR) is 71.7 cm³/mol. The largest absolute Gasteiger partial charge is 0.462 e. The van der Waals surface area contributed by atoms with Crippen LogP contribution in [0.5, 0.6) is 0 Å². The zero-order valence-electron chi connectivity index (χ0n) is 11.7. The van der Waals surface area contributed by atoms with E-state index in [1.165, 1.54) is 0 Å².